The van der Waals surface area contributed by atoms with Crippen LogP contribution in [0.15, 0.2) is 42.7 Å². The molecule has 68 valence electrons. The zero-order valence-corrected chi connectivity index (χ0v) is 7.36. The summed E-state index contributed by atoms with van der Waals surface area (Å²) in [4.78, 5) is 11.1. The van der Waals surface area contributed by atoms with Crippen LogP contribution < -0.4 is 5.32 Å². The van der Waals surface area contributed by atoms with Crippen molar-refractivity contribution >= 4 is 11.6 Å². The Morgan fingerprint density at radius 1 is 1.38 bits per heavy atom. The molecular formula is C10H11NO2. The molecule has 1 aromatic rings. The van der Waals surface area contributed by atoms with Crippen LogP contribution in [0, 0.1) is 0 Å². The van der Waals surface area contributed by atoms with E-state index >= 15 is 0 Å². The van der Waals surface area contributed by atoms with Crippen molar-refractivity contribution in [3.63, 3.8) is 0 Å². The number of nitrogens with one attached hydrogen (secondary N) is 1. The van der Waals surface area contributed by atoms with Crippen LogP contribution in [0.3, 0.4) is 0 Å². The Hall–Kier alpha value is -1.77. The SMILES string of the molecule is COC=CC(=O)Nc1ccccc1. The predicted molar refractivity (Wildman–Crippen MR) is 51.2 cm³/mol. The molecule has 0 fully saturated rings. The van der Waals surface area contributed by atoms with Gasteiger partial charge in [0.15, 0.2) is 0 Å². The first-order valence-electron chi connectivity index (χ1n) is 3.88. The Morgan fingerprint density at radius 2 is 2.08 bits per heavy atom. The van der Waals surface area contributed by atoms with E-state index in [1.165, 1.54) is 19.4 Å². The smallest absolute Gasteiger partial charge is 0.251 e. The van der Waals surface area contributed by atoms with Crippen LogP contribution in [0.1, 0.15) is 0 Å². The van der Waals surface area contributed by atoms with E-state index in [4.69, 9.17) is 0 Å². The zero-order chi connectivity index (χ0) is 9.52. The van der Waals surface area contributed by atoms with Gasteiger partial charge in [0.1, 0.15) is 0 Å². The number of benzene rings is 1. The van der Waals surface area contributed by atoms with Crippen LogP contribution >= 0.6 is 0 Å². The molecule has 0 atom stereocenters. The molecule has 0 saturated heterocycles. The molecule has 1 aromatic carbocycles. The summed E-state index contributed by atoms with van der Waals surface area (Å²) in [5.74, 6) is -0.201. The Balaban J connectivity index is 2.50. The van der Waals surface area contributed by atoms with Crippen molar-refractivity contribution in [3.8, 4) is 0 Å². The third-order valence-electron chi connectivity index (χ3n) is 1.40. The zero-order valence-electron chi connectivity index (χ0n) is 7.36. The van der Waals surface area contributed by atoms with E-state index in [9.17, 15) is 4.79 Å². The summed E-state index contributed by atoms with van der Waals surface area (Å²) in [6.07, 6.45) is 2.66. The average Bonchev–Trinajstić information content (AvgIpc) is 2.16. The lowest BCUT2D eigenvalue weighted by Gasteiger charge is -1.99. The van der Waals surface area contributed by atoms with Gasteiger partial charge in [-0.3, -0.25) is 4.79 Å². The summed E-state index contributed by atoms with van der Waals surface area (Å²) in [6, 6.07) is 9.24. The minimum absolute atomic E-state index is 0.201. The lowest BCUT2D eigenvalue weighted by atomic mass is 10.3. The maximum absolute atomic E-state index is 11.1. The fraction of sp³-hybridized carbons (Fsp3) is 0.100. The van der Waals surface area contributed by atoms with Gasteiger partial charge in [-0.15, -0.1) is 0 Å². The molecule has 1 N–H and O–H groups in total. The van der Waals surface area contributed by atoms with Crippen molar-refractivity contribution < 1.29 is 9.53 Å². The predicted octanol–water partition coefficient (Wildman–Crippen LogP) is 1.79. The normalized spacial score (nSPS) is 9.92. The number of amides is 1. The fourth-order valence-electron chi connectivity index (χ4n) is 0.835. The molecule has 13 heavy (non-hydrogen) atoms. The van der Waals surface area contributed by atoms with Gasteiger partial charge in [-0.1, -0.05) is 18.2 Å². The summed E-state index contributed by atoms with van der Waals surface area (Å²) < 4.78 is 4.61. The van der Waals surface area contributed by atoms with Gasteiger partial charge in [0.25, 0.3) is 5.91 Å². The molecule has 3 nitrogen and oxygen atoms in total. The third kappa shape index (κ3) is 3.42. The molecule has 0 unspecified atom stereocenters. The first-order chi connectivity index (χ1) is 6.33. The topological polar surface area (TPSA) is 38.3 Å². The van der Waals surface area contributed by atoms with E-state index in [1.54, 1.807) is 0 Å². The highest BCUT2D eigenvalue weighted by Crippen LogP contribution is 2.04. The number of carbonyl (C=O) groups is 1. The Morgan fingerprint density at radius 3 is 2.69 bits per heavy atom. The van der Waals surface area contributed by atoms with Gasteiger partial charge in [-0.05, 0) is 12.1 Å². The molecule has 0 heterocycles. The Bertz CT molecular complexity index is 293. The molecule has 0 spiro atoms. The monoisotopic (exact) mass is 177 g/mol. The van der Waals surface area contributed by atoms with Crippen molar-refractivity contribution in [2.75, 3.05) is 12.4 Å². The number of methoxy groups -OCH3 is 1. The molecule has 3 heteroatoms. The number of ether oxygens (including phenoxy) is 1. The number of hydrogen-bond donors (Lipinski definition) is 1. The van der Waals surface area contributed by atoms with Gasteiger partial charge in [-0.2, -0.15) is 0 Å². The summed E-state index contributed by atoms with van der Waals surface area (Å²) in [5, 5.41) is 2.67. The summed E-state index contributed by atoms with van der Waals surface area (Å²) >= 11 is 0. The molecule has 0 radical (unpaired) electrons. The number of para-hydroxylation sites is 1. The highest BCUT2D eigenvalue weighted by molar-refractivity contribution is 5.99. The molecular weight excluding hydrogens is 166 g/mol. The van der Waals surface area contributed by atoms with E-state index in [-0.39, 0.29) is 5.91 Å². The van der Waals surface area contributed by atoms with Crippen molar-refractivity contribution in [2.45, 2.75) is 0 Å². The van der Waals surface area contributed by atoms with Gasteiger partial charge in [0.05, 0.1) is 13.4 Å². The first-order valence-corrected chi connectivity index (χ1v) is 3.88. The van der Waals surface area contributed by atoms with E-state index in [0.717, 1.165) is 5.69 Å². The molecule has 1 amide bonds. The summed E-state index contributed by atoms with van der Waals surface area (Å²) in [7, 11) is 1.49. The van der Waals surface area contributed by atoms with Gasteiger partial charge in [-0.25, -0.2) is 0 Å². The lowest BCUT2D eigenvalue weighted by molar-refractivity contribution is -0.112. The molecule has 0 saturated carbocycles. The number of hydrogen-bond acceptors (Lipinski definition) is 2. The molecule has 0 bridgehead atoms. The fourth-order valence-corrected chi connectivity index (χ4v) is 0.835. The second-order valence-electron chi connectivity index (χ2n) is 2.39. The third-order valence-corrected chi connectivity index (χ3v) is 1.40. The molecule has 0 aliphatic carbocycles. The van der Waals surface area contributed by atoms with Crippen molar-refractivity contribution in [2.24, 2.45) is 0 Å². The second kappa shape index (κ2) is 4.98. The minimum atomic E-state index is -0.201. The summed E-state index contributed by atoms with van der Waals surface area (Å²) in [5.41, 5.74) is 0.772. The maximum Gasteiger partial charge on any atom is 0.251 e. The van der Waals surface area contributed by atoms with Crippen LogP contribution in [-0.4, -0.2) is 13.0 Å². The van der Waals surface area contributed by atoms with Crippen molar-refractivity contribution in [1.82, 2.24) is 0 Å². The van der Waals surface area contributed by atoms with E-state index in [1.807, 2.05) is 30.3 Å². The average molecular weight is 177 g/mol. The highest BCUT2D eigenvalue weighted by atomic mass is 16.5. The van der Waals surface area contributed by atoms with Gasteiger partial charge in [0.2, 0.25) is 0 Å². The lowest BCUT2D eigenvalue weighted by Crippen LogP contribution is -2.07. The molecule has 1 rings (SSSR count). The Kier molecular flexibility index (Phi) is 3.57. The van der Waals surface area contributed by atoms with E-state index in [0.29, 0.717) is 0 Å². The maximum atomic E-state index is 11.1. The molecule has 0 aliphatic heterocycles. The van der Waals surface area contributed by atoms with Gasteiger partial charge >= 0.3 is 0 Å². The van der Waals surface area contributed by atoms with Gasteiger partial charge in [0, 0.05) is 11.8 Å². The standard InChI is InChI=1S/C10H11NO2/c1-13-8-7-10(12)11-9-5-3-2-4-6-9/h2-8H,1H3,(H,11,12). The second-order valence-corrected chi connectivity index (χ2v) is 2.39. The molecule has 0 aliphatic rings. The van der Waals surface area contributed by atoms with Crippen molar-refractivity contribution in [1.29, 1.82) is 0 Å². The minimum Gasteiger partial charge on any atom is -0.504 e. The largest absolute Gasteiger partial charge is 0.504 e. The first kappa shape index (κ1) is 9.32. The van der Waals surface area contributed by atoms with Crippen LogP contribution in [-0.2, 0) is 9.53 Å². The molecule has 0 aromatic heterocycles. The van der Waals surface area contributed by atoms with Crippen LogP contribution in [0.4, 0.5) is 5.69 Å². The van der Waals surface area contributed by atoms with Crippen LogP contribution in [0.2, 0.25) is 0 Å². The van der Waals surface area contributed by atoms with Crippen LogP contribution in [0.5, 0.6) is 0 Å². The van der Waals surface area contributed by atoms with Crippen molar-refractivity contribution in [3.05, 3.63) is 42.7 Å². The quantitative estimate of drug-likeness (QED) is 0.564. The summed E-state index contributed by atoms with van der Waals surface area (Å²) in [6.45, 7) is 0. The number of anilines is 1. The Labute approximate surface area is 77.0 Å². The highest BCUT2D eigenvalue weighted by Gasteiger charge is 1.94. The van der Waals surface area contributed by atoms with Crippen LogP contribution in [0.25, 0.3) is 0 Å². The number of rotatable bonds is 3. The van der Waals surface area contributed by atoms with E-state index in [2.05, 4.69) is 10.1 Å². The van der Waals surface area contributed by atoms with Gasteiger partial charge < -0.3 is 10.1 Å². The van der Waals surface area contributed by atoms with E-state index < -0.39 is 0 Å². The number of carbonyl (C=O) groups excluding carboxylic acids is 1.